The third-order valence-corrected chi connectivity index (χ3v) is 4.27. The second kappa shape index (κ2) is 6.36. The van der Waals surface area contributed by atoms with Gasteiger partial charge >= 0.3 is 0 Å². The number of hydrogen-bond acceptors (Lipinski definition) is 4. The van der Waals surface area contributed by atoms with Crippen molar-refractivity contribution in [2.24, 2.45) is 0 Å². The Morgan fingerprint density at radius 2 is 2.28 bits per heavy atom. The van der Waals surface area contributed by atoms with E-state index in [1.807, 2.05) is 29.8 Å². The first-order valence-corrected chi connectivity index (χ1v) is 8.26. The number of amides is 1. The van der Waals surface area contributed by atoms with Crippen molar-refractivity contribution < 1.29 is 4.79 Å². The Labute approximate surface area is 122 Å². The summed E-state index contributed by atoms with van der Waals surface area (Å²) in [6.45, 7) is 0. The van der Waals surface area contributed by atoms with E-state index >= 15 is 0 Å². The van der Waals surface area contributed by atoms with Crippen LogP contribution in [0.25, 0.3) is 0 Å². The van der Waals surface area contributed by atoms with Crippen LogP contribution in [0.2, 0.25) is 0 Å². The van der Waals surface area contributed by atoms with Crippen LogP contribution in [0.1, 0.15) is 16.1 Å². The summed E-state index contributed by atoms with van der Waals surface area (Å²) in [7, 11) is 0. The Kier molecular flexibility index (Phi) is 4.79. The first kappa shape index (κ1) is 13.6. The van der Waals surface area contributed by atoms with Gasteiger partial charge in [-0.1, -0.05) is 12.1 Å². The van der Waals surface area contributed by atoms with Gasteiger partial charge < -0.3 is 0 Å². The summed E-state index contributed by atoms with van der Waals surface area (Å²) in [5.41, 5.74) is 1.61. The lowest BCUT2D eigenvalue weighted by atomic mass is 10.2. The van der Waals surface area contributed by atoms with Gasteiger partial charge in [-0.2, -0.15) is 11.8 Å². The summed E-state index contributed by atoms with van der Waals surface area (Å²) < 4.78 is 0.781. The van der Waals surface area contributed by atoms with Crippen molar-refractivity contribution in [2.45, 2.75) is 5.75 Å². The number of nitrogens with one attached hydrogen (secondary N) is 1. The first-order chi connectivity index (χ1) is 8.70. The molecule has 1 aromatic heterocycles. The zero-order valence-electron chi connectivity index (χ0n) is 9.64. The molecule has 0 unspecified atom stereocenters. The lowest BCUT2D eigenvalue weighted by Crippen LogP contribution is -2.12. The average Bonchev–Trinajstić information content (AvgIpc) is 2.77. The van der Waals surface area contributed by atoms with Gasteiger partial charge in [0.05, 0.1) is 11.3 Å². The zero-order valence-corrected chi connectivity index (χ0v) is 12.9. The highest BCUT2D eigenvalue weighted by atomic mass is 79.9. The third kappa shape index (κ3) is 3.34. The lowest BCUT2D eigenvalue weighted by Gasteiger charge is -2.03. The number of hydrogen-bond donors (Lipinski definition) is 1. The summed E-state index contributed by atoms with van der Waals surface area (Å²) in [5.74, 6) is 0.717. The van der Waals surface area contributed by atoms with Crippen molar-refractivity contribution in [2.75, 3.05) is 11.6 Å². The maximum Gasteiger partial charge on any atom is 0.258 e. The summed E-state index contributed by atoms with van der Waals surface area (Å²) >= 11 is 6.52. The smallest absolute Gasteiger partial charge is 0.258 e. The minimum absolute atomic E-state index is 0.146. The van der Waals surface area contributed by atoms with E-state index in [9.17, 15) is 4.79 Å². The summed E-state index contributed by atoms with van der Waals surface area (Å²) in [6.07, 6.45) is 2.03. The van der Waals surface area contributed by atoms with Crippen molar-refractivity contribution in [3.8, 4) is 0 Å². The number of carbonyl (C=O) groups excluding carboxylic acids is 1. The number of benzene rings is 1. The highest BCUT2D eigenvalue weighted by Crippen LogP contribution is 2.21. The minimum Gasteiger partial charge on any atom is -0.298 e. The van der Waals surface area contributed by atoms with Crippen LogP contribution in [0.3, 0.4) is 0 Å². The molecular weight excluding hydrogens is 332 g/mol. The zero-order chi connectivity index (χ0) is 13.0. The normalized spacial score (nSPS) is 10.3. The lowest BCUT2D eigenvalue weighted by molar-refractivity contribution is 0.102. The molecule has 0 aliphatic rings. The van der Waals surface area contributed by atoms with E-state index in [-0.39, 0.29) is 5.91 Å². The fourth-order valence-electron chi connectivity index (χ4n) is 1.39. The standard InChI is InChI=1S/C12H11BrN2OS2/c1-17-6-8-7-18-12(14-8)15-11(16)9-4-2-3-5-10(9)13/h2-5,7H,6H2,1H3,(H,14,15,16). The number of thiazole rings is 1. The fourth-order valence-corrected chi connectivity index (χ4v) is 3.11. The fraction of sp³-hybridized carbons (Fsp3) is 0.167. The maximum absolute atomic E-state index is 12.0. The number of nitrogens with zero attached hydrogens (tertiary/aromatic N) is 1. The van der Waals surface area contributed by atoms with E-state index < -0.39 is 0 Å². The molecule has 2 aromatic rings. The molecule has 1 heterocycles. The van der Waals surface area contributed by atoms with Gasteiger partial charge in [0, 0.05) is 15.6 Å². The number of halogens is 1. The molecule has 0 radical (unpaired) electrons. The predicted octanol–water partition coefficient (Wildman–Crippen LogP) is 4.02. The molecule has 0 aliphatic carbocycles. The molecule has 3 nitrogen and oxygen atoms in total. The number of carbonyl (C=O) groups is 1. The Hall–Kier alpha value is -0.850. The predicted molar refractivity (Wildman–Crippen MR) is 81.4 cm³/mol. The monoisotopic (exact) mass is 342 g/mol. The van der Waals surface area contributed by atoms with E-state index in [2.05, 4.69) is 26.2 Å². The molecule has 0 saturated heterocycles. The van der Waals surface area contributed by atoms with Crippen molar-refractivity contribution in [1.82, 2.24) is 4.98 Å². The van der Waals surface area contributed by atoms with Crippen molar-refractivity contribution in [1.29, 1.82) is 0 Å². The van der Waals surface area contributed by atoms with Crippen molar-refractivity contribution in [3.63, 3.8) is 0 Å². The van der Waals surface area contributed by atoms with Crippen LogP contribution in [0, 0.1) is 0 Å². The van der Waals surface area contributed by atoms with Gasteiger partial charge in [-0.3, -0.25) is 10.1 Å². The topological polar surface area (TPSA) is 42.0 Å². The minimum atomic E-state index is -0.146. The number of aromatic nitrogens is 1. The first-order valence-electron chi connectivity index (χ1n) is 5.20. The summed E-state index contributed by atoms with van der Waals surface area (Å²) in [5, 5.41) is 5.41. The highest BCUT2D eigenvalue weighted by Gasteiger charge is 2.11. The van der Waals surface area contributed by atoms with E-state index in [4.69, 9.17) is 0 Å². The Balaban J connectivity index is 2.09. The van der Waals surface area contributed by atoms with Crippen LogP contribution in [-0.2, 0) is 5.75 Å². The second-order valence-corrected chi connectivity index (χ2v) is 6.09. The molecule has 0 atom stereocenters. The third-order valence-electron chi connectivity index (χ3n) is 2.18. The highest BCUT2D eigenvalue weighted by molar-refractivity contribution is 9.10. The van der Waals surface area contributed by atoms with Crippen LogP contribution in [0.15, 0.2) is 34.1 Å². The van der Waals surface area contributed by atoms with Crippen LogP contribution in [0.4, 0.5) is 5.13 Å². The number of anilines is 1. The summed E-state index contributed by atoms with van der Waals surface area (Å²) in [4.78, 5) is 16.4. The molecule has 1 aromatic carbocycles. The Morgan fingerprint density at radius 3 is 3.00 bits per heavy atom. The number of rotatable bonds is 4. The molecule has 1 amide bonds. The molecule has 0 bridgehead atoms. The van der Waals surface area contributed by atoms with E-state index in [1.54, 1.807) is 17.8 Å². The van der Waals surface area contributed by atoms with E-state index in [0.29, 0.717) is 10.7 Å². The van der Waals surface area contributed by atoms with Gasteiger partial charge in [0.15, 0.2) is 5.13 Å². The maximum atomic E-state index is 12.0. The van der Waals surface area contributed by atoms with E-state index in [1.165, 1.54) is 11.3 Å². The Morgan fingerprint density at radius 1 is 1.50 bits per heavy atom. The largest absolute Gasteiger partial charge is 0.298 e. The van der Waals surface area contributed by atoms with Crippen LogP contribution in [0.5, 0.6) is 0 Å². The summed E-state index contributed by atoms with van der Waals surface area (Å²) in [6, 6.07) is 7.33. The van der Waals surface area contributed by atoms with E-state index in [0.717, 1.165) is 15.9 Å². The molecule has 94 valence electrons. The van der Waals surface area contributed by atoms with Gasteiger partial charge in [0.2, 0.25) is 0 Å². The molecule has 0 spiro atoms. The van der Waals surface area contributed by atoms with Crippen molar-refractivity contribution in [3.05, 3.63) is 45.4 Å². The molecule has 1 N–H and O–H groups in total. The van der Waals surface area contributed by atoms with Crippen molar-refractivity contribution >= 4 is 50.1 Å². The molecular formula is C12H11BrN2OS2. The van der Waals surface area contributed by atoms with Gasteiger partial charge in [-0.15, -0.1) is 11.3 Å². The molecule has 2 rings (SSSR count). The molecule has 0 fully saturated rings. The van der Waals surface area contributed by atoms with Gasteiger partial charge in [-0.05, 0) is 34.3 Å². The Bertz CT molecular complexity index is 557. The van der Waals surface area contributed by atoms with Gasteiger partial charge in [0.25, 0.3) is 5.91 Å². The quantitative estimate of drug-likeness (QED) is 0.912. The molecule has 0 saturated carbocycles. The molecule has 18 heavy (non-hydrogen) atoms. The van der Waals surface area contributed by atoms with Gasteiger partial charge in [0.1, 0.15) is 0 Å². The van der Waals surface area contributed by atoms with Crippen LogP contribution in [-0.4, -0.2) is 17.1 Å². The SMILES string of the molecule is CSCc1csc(NC(=O)c2ccccc2Br)n1. The molecule has 0 aliphatic heterocycles. The second-order valence-electron chi connectivity index (χ2n) is 3.51. The van der Waals surface area contributed by atoms with Crippen LogP contribution >= 0.6 is 39.0 Å². The number of thioether (sulfide) groups is 1. The van der Waals surface area contributed by atoms with Crippen LogP contribution < -0.4 is 5.32 Å². The molecule has 6 heteroatoms. The van der Waals surface area contributed by atoms with Gasteiger partial charge in [-0.25, -0.2) is 4.98 Å². The average molecular weight is 343 g/mol.